The number of rotatable bonds is 9. The number of methoxy groups -OCH3 is 1. The van der Waals surface area contributed by atoms with Crippen LogP contribution >= 0.6 is 11.6 Å². The average molecular weight is 426 g/mol. The molecule has 6 nitrogen and oxygen atoms in total. The van der Waals surface area contributed by atoms with Gasteiger partial charge in [-0.3, -0.25) is 9.48 Å². The molecule has 0 radical (unpaired) electrons. The Bertz CT molecular complexity index is 1030. The summed E-state index contributed by atoms with van der Waals surface area (Å²) in [6.45, 7) is 3.40. The van der Waals surface area contributed by atoms with Crippen LogP contribution in [-0.4, -0.2) is 29.3 Å². The minimum absolute atomic E-state index is 0.179. The van der Waals surface area contributed by atoms with Crippen molar-refractivity contribution in [2.24, 2.45) is 0 Å². The van der Waals surface area contributed by atoms with E-state index < -0.39 is 0 Å². The van der Waals surface area contributed by atoms with Crippen molar-refractivity contribution in [2.45, 2.75) is 20.1 Å². The second kappa shape index (κ2) is 10.5. The molecule has 156 valence electrons. The van der Waals surface area contributed by atoms with Crippen molar-refractivity contribution in [3.8, 4) is 11.5 Å². The van der Waals surface area contributed by atoms with Crippen LogP contribution in [0.1, 0.15) is 16.7 Å². The largest absolute Gasteiger partial charge is 0.496 e. The Kier molecular flexibility index (Phi) is 7.51. The molecule has 3 rings (SSSR count). The Morgan fingerprint density at radius 3 is 2.87 bits per heavy atom. The van der Waals surface area contributed by atoms with Crippen molar-refractivity contribution >= 4 is 23.6 Å². The highest BCUT2D eigenvalue weighted by molar-refractivity contribution is 6.30. The fourth-order valence-corrected chi connectivity index (χ4v) is 3.02. The van der Waals surface area contributed by atoms with Gasteiger partial charge in [-0.1, -0.05) is 29.8 Å². The van der Waals surface area contributed by atoms with Crippen LogP contribution in [-0.2, 0) is 17.9 Å². The predicted octanol–water partition coefficient (Wildman–Crippen LogP) is 4.26. The van der Waals surface area contributed by atoms with Crippen molar-refractivity contribution in [2.75, 3.05) is 13.7 Å². The first-order valence-electron chi connectivity index (χ1n) is 9.54. The first-order chi connectivity index (χ1) is 14.5. The summed E-state index contributed by atoms with van der Waals surface area (Å²) in [5.74, 6) is 1.36. The minimum atomic E-state index is -0.179. The summed E-state index contributed by atoms with van der Waals surface area (Å²) in [5.41, 5.74) is 2.92. The second-order valence-corrected chi connectivity index (χ2v) is 7.16. The van der Waals surface area contributed by atoms with Crippen LogP contribution in [0.15, 0.2) is 60.9 Å². The number of hydrogen-bond donors (Lipinski definition) is 1. The average Bonchev–Trinajstić information content (AvgIpc) is 3.16. The molecule has 1 heterocycles. The zero-order valence-electron chi connectivity index (χ0n) is 17.0. The Hall–Kier alpha value is -3.25. The van der Waals surface area contributed by atoms with E-state index in [0.717, 1.165) is 28.2 Å². The van der Waals surface area contributed by atoms with E-state index in [-0.39, 0.29) is 5.91 Å². The molecule has 0 aliphatic rings. The van der Waals surface area contributed by atoms with Gasteiger partial charge in [0, 0.05) is 24.4 Å². The Morgan fingerprint density at radius 2 is 2.13 bits per heavy atom. The van der Waals surface area contributed by atoms with Gasteiger partial charge < -0.3 is 14.8 Å². The van der Waals surface area contributed by atoms with Crippen LogP contribution in [0.5, 0.6) is 11.5 Å². The van der Waals surface area contributed by atoms with Crippen LogP contribution in [0.2, 0.25) is 5.02 Å². The minimum Gasteiger partial charge on any atom is -0.496 e. The SMILES string of the molecule is COc1ccc(/C=C/C(=O)NCCn2cc(Cl)cn2)cc1COc1cccc(C)c1. The number of nitrogens with zero attached hydrogens (tertiary/aromatic N) is 2. The highest BCUT2D eigenvalue weighted by atomic mass is 35.5. The number of carbonyl (C=O) groups is 1. The number of hydrogen-bond acceptors (Lipinski definition) is 4. The maximum Gasteiger partial charge on any atom is 0.244 e. The molecule has 0 fully saturated rings. The molecule has 30 heavy (non-hydrogen) atoms. The summed E-state index contributed by atoms with van der Waals surface area (Å²) in [5, 5.41) is 7.46. The van der Waals surface area contributed by atoms with Gasteiger partial charge in [0.05, 0.1) is 24.9 Å². The number of benzene rings is 2. The monoisotopic (exact) mass is 425 g/mol. The molecular formula is C23H24ClN3O3. The first-order valence-corrected chi connectivity index (χ1v) is 9.91. The fraction of sp³-hybridized carbons (Fsp3) is 0.217. The van der Waals surface area contributed by atoms with Gasteiger partial charge in [-0.05, 0) is 48.4 Å². The van der Waals surface area contributed by atoms with Crippen molar-refractivity contribution in [1.29, 1.82) is 0 Å². The number of amides is 1. The summed E-state index contributed by atoms with van der Waals surface area (Å²) in [6.07, 6.45) is 6.53. The molecule has 2 aromatic carbocycles. The molecule has 1 aromatic heterocycles. The molecule has 0 spiro atoms. The Morgan fingerprint density at radius 1 is 1.27 bits per heavy atom. The zero-order chi connectivity index (χ0) is 21.3. The molecule has 0 aliphatic carbocycles. The van der Waals surface area contributed by atoms with E-state index in [1.165, 1.54) is 6.08 Å². The number of ether oxygens (including phenoxy) is 2. The van der Waals surface area contributed by atoms with Gasteiger partial charge in [0.25, 0.3) is 0 Å². The fourth-order valence-electron chi connectivity index (χ4n) is 2.87. The van der Waals surface area contributed by atoms with E-state index in [2.05, 4.69) is 10.4 Å². The summed E-state index contributed by atoms with van der Waals surface area (Å²) in [6, 6.07) is 13.6. The van der Waals surface area contributed by atoms with Crippen molar-refractivity contribution in [3.63, 3.8) is 0 Å². The van der Waals surface area contributed by atoms with Crippen LogP contribution in [0.25, 0.3) is 6.08 Å². The maximum absolute atomic E-state index is 12.1. The first kappa shape index (κ1) is 21.5. The lowest BCUT2D eigenvalue weighted by Gasteiger charge is -2.11. The van der Waals surface area contributed by atoms with Gasteiger partial charge >= 0.3 is 0 Å². The molecule has 1 amide bonds. The molecule has 3 aromatic rings. The number of nitrogens with one attached hydrogen (secondary N) is 1. The van der Waals surface area contributed by atoms with Crippen molar-refractivity contribution in [1.82, 2.24) is 15.1 Å². The van der Waals surface area contributed by atoms with Crippen LogP contribution in [0.4, 0.5) is 0 Å². The second-order valence-electron chi connectivity index (χ2n) is 6.72. The molecule has 0 saturated heterocycles. The zero-order valence-corrected chi connectivity index (χ0v) is 17.7. The van der Waals surface area contributed by atoms with E-state index >= 15 is 0 Å². The molecule has 0 atom stereocenters. The number of aryl methyl sites for hydroxylation is 1. The third kappa shape index (κ3) is 6.39. The van der Waals surface area contributed by atoms with E-state index in [1.54, 1.807) is 30.3 Å². The van der Waals surface area contributed by atoms with E-state index in [4.69, 9.17) is 21.1 Å². The highest BCUT2D eigenvalue weighted by Crippen LogP contribution is 2.23. The smallest absolute Gasteiger partial charge is 0.244 e. The number of halogens is 1. The lowest BCUT2D eigenvalue weighted by molar-refractivity contribution is -0.116. The quantitative estimate of drug-likeness (QED) is 0.520. The number of aromatic nitrogens is 2. The lowest BCUT2D eigenvalue weighted by atomic mass is 10.1. The molecule has 0 bridgehead atoms. The highest BCUT2D eigenvalue weighted by Gasteiger charge is 2.06. The Labute approximate surface area is 181 Å². The molecule has 7 heteroatoms. The normalized spacial score (nSPS) is 10.9. The van der Waals surface area contributed by atoms with E-state index in [0.29, 0.717) is 24.7 Å². The van der Waals surface area contributed by atoms with Gasteiger partial charge in [0.2, 0.25) is 5.91 Å². The van der Waals surface area contributed by atoms with Gasteiger partial charge in [-0.25, -0.2) is 0 Å². The third-order valence-electron chi connectivity index (χ3n) is 4.36. The van der Waals surface area contributed by atoms with Crippen LogP contribution in [0, 0.1) is 6.92 Å². The summed E-state index contributed by atoms with van der Waals surface area (Å²) < 4.78 is 13.0. The third-order valence-corrected chi connectivity index (χ3v) is 4.55. The molecule has 0 saturated carbocycles. The van der Waals surface area contributed by atoms with Crippen molar-refractivity contribution in [3.05, 3.63) is 82.6 Å². The van der Waals surface area contributed by atoms with Crippen LogP contribution < -0.4 is 14.8 Å². The molecule has 0 aliphatic heterocycles. The van der Waals surface area contributed by atoms with Gasteiger partial charge in [0.15, 0.2) is 0 Å². The maximum atomic E-state index is 12.1. The van der Waals surface area contributed by atoms with E-state index in [9.17, 15) is 4.79 Å². The van der Waals surface area contributed by atoms with Crippen molar-refractivity contribution < 1.29 is 14.3 Å². The van der Waals surface area contributed by atoms with E-state index in [1.807, 2.05) is 49.4 Å². The Balaban J connectivity index is 1.57. The standard InChI is InChI=1S/C23H24ClN3O3/c1-17-4-3-5-21(12-17)30-16-19-13-18(6-8-22(19)29-2)7-9-23(28)25-10-11-27-15-20(24)14-26-27/h3-9,12-15H,10-11,16H2,1-2H3,(H,25,28)/b9-7+. The topological polar surface area (TPSA) is 65.4 Å². The van der Waals surface area contributed by atoms with Gasteiger partial charge in [-0.2, -0.15) is 5.10 Å². The van der Waals surface area contributed by atoms with Gasteiger partial charge in [-0.15, -0.1) is 0 Å². The molecule has 0 unspecified atom stereocenters. The summed E-state index contributed by atoms with van der Waals surface area (Å²) in [4.78, 5) is 12.1. The lowest BCUT2D eigenvalue weighted by Crippen LogP contribution is -2.25. The van der Waals surface area contributed by atoms with Crippen LogP contribution in [0.3, 0.4) is 0 Å². The predicted molar refractivity (Wildman–Crippen MR) is 118 cm³/mol. The summed E-state index contributed by atoms with van der Waals surface area (Å²) in [7, 11) is 1.63. The molecule has 1 N–H and O–H groups in total. The summed E-state index contributed by atoms with van der Waals surface area (Å²) >= 11 is 5.82. The number of carbonyl (C=O) groups excluding carboxylic acids is 1. The van der Waals surface area contributed by atoms with Gasteiger partial charge in [0.1, 0.15) is 18.1 Å². The molecular weight excluding hydrogens is 402 g/mol.